The van der Waals surface area contributed by atoms with Crippen molar-refractivity contribution in [3.05, 3.63) is 29.8 Å². The summed E-state index contributed by atoms with van der Waals surface area (Å²) in [6.45, 7) is 3.24. The summed E-state index contributed by atoms with van der Waals surface area (Å²) in [5.41, 5.74) is 0.828. The van der Waals surface area contributed by atoms with Crippen molar-refractivity contribution < 1.29 is 14.6 Å². The van der Waals surface area contributed by atoms with Crippen LogP contribution in [0.5, 0.6) is 5.75 Å². The van der Waals surface area contributed by atoms with Crippen LogP contribution in [0.4, 0.5) is 0 Å². The Morgan fingerprint density at radius 3 is 1.94 bits per heavy atom. The Kier molecular flexibility index (Phi) is 18.0. The molecule has 0 atom stereocenters. The van der Waals surface area contributed by atoms with Crippen molar-refractivity contribution in [1.82, 2.24) is 5.32 Å². The van der Waals surface area contributed by atoms with Gasteiger partial charge in [-0.2, -0.15) is 0 Å². The van der Waals surface area contributed by atoms with E-state index in [9.17, 15) is 4.79 Å². The van der Waals surface area contributed by atoms with E-state index in [1.54, 1.807) is 0 Å². The Hall–Kier alpha value is -1.55. The van der Waals surface area contributed by atoms with Crippen molar-refractivity contribution in [2.24, 2.45) is 0 Å². The molecular weight excluding hydrogens is 386 g/mol. The second-order valence-corrected chi connectivity index (χ2v) is 8.70. The lowest BCUT2D eigenvalue weighted by Gasteiger charge is -2.08. The lowest BCUT2D eigenvalue weighted by Crippen LogP contribution is -2.27. The first-order chi connectivity index (χ1) is 15.3. The Balaban J connectivity index is 1.81. The van der Waals surface area contributed by atoms with Crippen LogP contribution in [0.15, 0.2) is 24.3 Å². The van der Waals surface area contributed by atoms with Gasteiger partial charge in [-0.25, -0.2) is 0 Å². The zero-order chi connectivity index (χ0) is 22.4. The Morgan fingerprint density at radius 1 is 0.839 bits per heavy atom. The molecule has 0 aliphatic rings. The van der Waals surface area contributed by atoms with E-state index in [1.807, 2.05) is 24.3 Å². The number of rotatable bonds is 21. The molecule has 1 aromatic carbocycles. The summed E-state index contributed by atoms with van der Waals surface area (Å²) in [6.07, 6.45) is 20.7. The molecule has 0 bridgehead atoms. The molecule has 1 amide bonds. The van der Waals surface area contributed by atoms with E-state index in [2.05, 4.69) is 12.2 Å². The number of ether oxygens (including phenoxy) is 1. The van der Waals surface area contributed by atoms with Crippen LogP contribution in [-0.4, -0.2) is 24.2 Å². The van der Waals surface area contributed by atoms with Crippen LogP contribution in [0.3, 0.4) is 0 Å². The monoisotopic (exact) mass is 433 g/mol. The molecule has 0 heterocycles. The standard InChI is InChI=1S/C27H47NO3/c1-2-3-4-5-6-7-8-9-10-11-12-13-14-15-16-20-27(30)28-21-22-31-26-19-17-18-25(23-26)24-29/h17-19,23,29H,2-16,20-22,24H2,1H3,(H,28,30). The van der Waals surface area contributed by atoms with Gasteiger partial charge >= 0.3 is 0 Å². The highest BCUT2D eigenvalue weighted by Gasteiger charge is 2.02. The summed E-state index contributed by atoms with van der Waals surface area (Å²) in [7, 11) is 0. The van der Waals surface area contributed by atoms with E-state index in [1.165, 1.54) is 83.5 Å². The molecule has 1 aromatic rings. The van der Waals surface area contributed by atoms with Crippen molar-refractivity contribution in [1.29, 1.82) is 0 Å². The largest absolute Gasteiger partial charge is 0.492 e. The minimum Gasteiger partial charge on any atom is -0.492 e. The third kappa shape index (κ3) is 16.8. The number of aliphatic hydroxyl groups is 1. The quantitative estimate of drug-likeness (QED) is 0.207. The van der Waals surface area contributed by atoms with Crippen LogP contribution in [-0.2, 0) is 11.4 Å². The summed E-state index contributed by atoms with van der Waals surface area (Å²) in [5.74, 6) is 0.839. The zero-order valence-electron chi connectivity index (χ0n) is 20.0. The number of benzene rings is 1. The fourth-order valence-corrected chi connectivity index (χ4v) is 3.84. The molecule has 0 unspecified atom stereocenters. The lowest BCUT2D eigenvalue weighted by atomic mass is 10.0. The molecule has 0 aliphatic carbocycles. The highest BCUT2D eigenvalue weighted by Crippen LogP contribution is 2.14. The Labute approximate surface area is 191 Å². The highest BCUT2D eigenvalue weighted by atomic mass is 16.5. The molecule has 0 fully saturated rings. The van der Waals surface area contributed by atoms with Gasteiger partial charge in [-0.05, 0) is 24.1 Å². The van der Waals surface area contributed by atoms with Gasteiger partial charge in [0.05, 0.1) is 13.2 Å². The average Bonchev–Trinajstić information content (AvgIpc) is 2.79. The van der Waals surface area contributed by atoms with E-state index >= 15 is 0 Å². The maximum atomic E-state index is 11.9. The molecule has 0 spiro atoms. The summed E-state index contributed by atoms with van der Waals surface area (Å²) in [5, 5.41) is 12.0. The molecule has 0 saturated heterocycles. The van der Waals surface area contributed by atoms with Gasteiger partial charge in [-0.1, -0.05) is 109 Å². The lowest BCUT2D eigenvalue weighted by molar-refractivity contribution is -0.121. The predicted octanol–water partition coefficient (Wildman–Crippen LogP) is 6.94. The molecule has 2 N–H and O–H groups in total. The molecule has 4 heteroatoms. The molecule has 1 rings (SSSR count). The van der Waals surface area contributed by atoms with Crippen molar-refractivity contribution in [2.45, 2.75) is 116 Å². The van der Waals surface area contributed by atoms with Crippen LogP contribution < -0.4 is 10.1 Å². The number of hydrogen-bond donors (Lipinski definition) is 2. The van der Waals surface area contributed by atoms with E-state index in [0.717, 1.165) is 24.2 Å². The number of carbonyl (C=O) groups excluding carboxylic acids is 1. The van der Waals surface area contributed by atoms with Crippen molar-refractivity contribution in [3.63, 3.8) is 0 Å². The van der Waals surface area contributed by atoms with E-state index in [-0.39, 0.29) is 12.5 Å². The summed E-state index contributed by atoms with van der Waals surface area (Å²) in [4.78, 5) is 11.9. The number of amides is 1. The van der Waals surface area contributed by atoms with Crippen molar-refractivity contribution >= 4 is 5.91 Å². The number of nitrogens with one attached hydrogen (secondary N) is 1. The minimum absolute atomic E-state index is 0.00713. The normalized spacial score (nSPS) is 10.9. The van der Waals surface area contributed by atoms with E-state index < -0.39 is 0 Å². The van der Waals surface area contributed by atoms with Crippen molar-refractivity contribution in [2.75, 3.05) is 13.2 Å². The number of hydrogen-bond acceptors (Lipinski definition) is 3. The molecule has 0 aromatic heterocycles. The van der Waals surface area contributed by atoms with E-state index in [0.29, 0.717) is 19.6 Å². The fourth-order valence-electron chi connectivity index (χ4n) is 3.84. The molecule has 4 nitrogen and oxygen atoms in total. The Bertz CT molecular complexity index is 547. The third-order valence-corrected chi connectivity index (χ3v) is 5.78. The van der Waals surface area contributed by atoms with Gasteiger partial charge < -0.3 is 15.2 Å². The van der Waals surface area contributed by atoms with Crippen LogP contribution in [0.25, 0.3) is 0 Å². The smallest absolute Gasteiger partial charge is 0.220 e. The maximum absolute atomic E-state index is 11.9. The van der Waals surface area contributed by atoms with Gasteiger partial charge in [0, 0.05) is 6.42 Å². The van der Waals surface area contributed by atoms with Crippen LogP contribution >= 0.6 is 0 Å². The van der Waals surface area contributed by atoms with Gasteiger partial charge in [-0.15, -0.1) is 0 Å². The predicted molar refractivity (Wildman–Crippen MR) is 130 cm³/mol. The van der Waals surface area contributed by atoms with Crippen LogP contribution in [0, 0.1) is 0 Å². The Morgan fingerprint density at radius 2 is 1.39 bits per heavy atom. The second kappa shape index (κ2) is 20.4. The molecule has 0 radical (unpaired) electrons. The van der Waals surface area contributed by atoms with Gasteiger partial charge in [-0.3, -0.25) is 4.79 Å². The SMILES string of the molecule is CCCCCCCCCCCCCCCCCC(=O)NCCOc1cccc(CO)c1. The van der Waals surface area contributed by atoms with Crippen LogP contribution in [0.2, 0.25) is 0 Å². The number of unbranched alkanes of at least 4 members (excludes halogenated alkanes) is 14. The molecular formula is C27H47NO3. The van der Waals surface area contributed by atoms with E-state index in [4.69, 9.17) is 9.84 Å². The minimum atomic E-state index is 0.00713. The van der Waals surface area contributed by atoms with Gasteiger partial charge in [0.15, 0.2) is 0 Å². The summed E-state index contributed by atoms with van der Waals surface area (Å²) >= 11 is 0. The summed E-state index contributed by atoms with van der Waals surface area (Å²) in [6, 6.07) is 7.38. The molecule has 0 saturated carbocycles. The first kappa shape index (κ1) is 27.5. The first-order valence-corrected chi connectivity index (χ1v) is 12.9. The highest BCUT2D eigenvalue weighted by molar-refractivity contribution is 5.75. The number of aliphatic hydroxyl groups excluding tert-OH is 1. The van der Waals surface area contributed by atoms with Crippen molar-refractivity contribution in [3.8, 4) is 5.75 Å². The van der Waals surface area contributed by atoms with Crippen LogP contribution in [0.1, 0.15) is 115 Å². The first-order valence-electron chi connectivity index (χ1n) is 12.9. The van der Waals surface area contributed by atoms with Gasteiger partial charge in [0.2, 0.25) is 5.91 Å². The molecule has 0 aliphatic heterocycles. The third-order valence-electron chi connectivity index (χ3n) is 5.78. The number of carbonyl (C=O) groups is 1. The zero-order valence-corrected chi connectivity index (χ0v) is 20.0. The second-order valence-electron chi connectivity index (χ2n) is 8.70. The molecule has 178 valence electrons. The maximum Gasteiger partial charge on any atom is 0.220 e. The topological polar surface area (TPSA) is 58.6 Å². The summed E-state index contributed by atoms with van der Waals surface area (Å²) < 4.78 is 5.60. The van der Waals surface area contributed by atoms with Gasteiger partial charge in [0.1, 0.15) is 12.4 Å². The van der Waals surface area contributed by atoms with Gasteiger partial charge in [0.25, 0.3) is 0 Å². The molecule has 31 heavy (non-hydrogen) atoms. The fraction of sp³-hybridized carbons (Fsp3) is 0.741. The average molecular weight is 434 g/mol.